The van der Waals surface area contributed by atoms with E-state index in [0.717, 1.165) is 32.7 Å². The van der Waals surface area contributed by atoms with Crippen LogP contribution in [0, 0.1) is 6.92 Å². The molecule has 0 saturated carbocycles. The molecule has 5 heteroatoms. The van der Waals surface area contributed by atoms with Crippen LogP contribution in [0.1, 0.15) is 5.01 Å². The lowest BCUT2D eigenvalue weighted by atomic mass is 10.1. The number of aryl methyl sites for hydroxylation is 1. The van der Waals surface area contributed by atoms with Gasteiger partial charge in [0, 0.05) is 16.3 Å². The number of ether oxygens (including phenoxy) is 1. The van der Waals surface area contributed by atoms with Gasteiger partial charge in [-0.2, -0.15) is 0 Å². The van der Waals surface area contributed by atoms with Crippen LogP contribution in [-0.4, -0.2) is 17.5 Å². The molecule has 1 aromatic heterocycles. The molecule has 0 aliphatic carbocycles. The van der Waals surface area contributed by atoms with Gasteiger partial charge in [0.05, 0.1) is 16.4 Å². The van der Waals surface area contributed by atoms with Crippen molar-refractivity contribution in [3.8, 4) is 17.0 Å². The van der Waals surface area contributed by atoms with Gasteiger partial charge in [0.25, 0.3) is 5.91 Å². The number of nitrogens with zero attached hydrogens (tertiary/aromatic N) is 1. The van der Waals surface area contributed by atoms with Gasteiger partial charge >= 0.3 is 0 Å². The predicted octanol–water partition coefficient (Wildman–Crippen LogP) is 5.29. The summed E-state index contributed by atoms with van der Waals surface area (Å²) < 4.78 is 5.78. The zero-order valence-electron chi connectivity index (χ0n) is 14.8. The molecule has 4 aromatic rings. The van der Waals surface area contributed by atoms with E-state index in [0.29, 0.717) is 5.75 Å². The number of hydrogen-bond donors (Lipinski definition) is 1. The number of rotatable bonds is 5. The second kappa shape index (κ2) is 7.60. The number of thiazole rings is 1. The minimum absolute atomic E-state index is 0.0571. The molecule has 0 aliphatic rings. The Morgan fingerprint density at radius 2 is 1.81 bits per heavy atom. The van der Waals surface area contributed by atoms with Crippen LogP contribution in [-0.2, 0) is 4.79 Å². The number of nitrogens with one attached hydrogen (secondary N) is 1. The Kier molecular flexibility index (Phi) is 4.85. The Morgan fingerprint density at radius 3 is 2.67 bits per heavy atom. The largest absolute Gasteiger partial charge is 0.483 e. The smallest absolute Gasteiger partial charge is 0.262 e. The first-order valence-corrected chi connectivity index (χ1v) is 9.50. The number of aromatic nitrogens is 1. The lowest BCUT2D eigenvalue weighted by molar-refractivity contribution is -0.118. The molecule has 3 aromatic carbocycles. The summed E-state index contributed by atoms with van der Waals surface area (Å²) in [5.41, 5.74) is 2.50. The van der Waals surface area contributed by atoms with Crippen molar-refractivity contribution in [2.45, 2.75) is 6.92 Å². The standard InChI is InChI=1S/C22H18N2O2S/c1-15-23-20(14-27-15)18-10-4-5-11-19(18)24-22(25)13-26-21-12-6-8-16-7-2-3-9-17(16)21/h2-12,14H,13H2,1H3,(H,24,25). The normalized spacial score (nSPS) is 10.7. The van der Waals surface area contributed by atoms with Crippen LogP contribution in [0.3, 0.4) is 0 Å². The van der Waals surface area contributed by atoms with E-state index in [2.05, 4.69) is 10.3 Å². The van der Waals surface area contributed by atoms with Crippen molar-refractivity contribution in [1.82, 2.24) is 4.98 Å². The molecule has 1 N–H and O–H groups in total. The van der Waals surface area contributed by atoms with Crippen LogP contribution in [0.5, 0.6) is 5.75 Å². The van der Waals surface area contributed by atoms with Gasteiger partial charge in [-0.05, 0) is 24.4 Å². The molecule has 0 atom stereocenters. The fourth-order valence-electron chi connectivity index (χ4n) is 2.95. The number of anilines is 1. The maximum absolute atomic E-state index is 12.5. The molecule has 0 aliphatic heterocycles. The number of para-hydroxylation sites is 1. The van der Waals surface area contributed by atoms with Crippen molar-refractivity contribution >= 4 is 33.7 Å². The first-order chi connectivity index (χ1) is 13.2. The maximum atomic E-state index is 12.5. The highest BCUT2D eigenvalue weighted by molar-refractivity contribution is 7.09. The van der Waals surface area contributed by atoms with Crippen molar-refractivity contribution in [2.24, 2.45) is 0 Å². The van der Waals surface area contributed by atoms with Gasteiger partial charge < -0.3 is 10.1 Å². The highest BCUT2D eigenvalue weighted by atomic mass is 32.1. The average Bonchev–Trinajstić information content (AvgIpc) is 3.13. The Morgan fingerprint density at radius 1 is 1.04 bits per heavy atom. The first kappa shape index (κ1) is 17.2. The summed E-state index contributed by atoms with van der Waals surface area (Å²) in [4.78, 5) is 17.0. The SMILES string of the molecule is Cc1nc(-c2ccccc2NC(=O)COc2cccc3ccccc23)cs1. The van der Waals surface area contributed by atoms with Crippen LogP contribution in [0.2, 0.25) is 0 Å². The molecule has 27 heavy (non-hydrogen) atoms. The summed E-state index contributed by atoms with van der Waals surface area (Å²) in [7, 11) is 0. The van der Waals surface area contributed by atoms with Crippen molar-refractivity contribution in [1.29, 1.82) is 0 Å². The predicted molar refractivity (Wildman–Crippen MR) is 110 cm³/mol. The number of benzene rings is 3. The monoisotopic (exact) mass is 374 g/mol. The fourth-order valence-corrected chi connectivity index (χ4v) is 3.57. The Bertz CT molecular complexity index is 1100. The van der Waals surface area contributed by atoms with E-state index in [4.69, 9.17) is 4.74 Å². The third-order valence-corrected chi connectivity index (χ3v) is 4.98. The third kappa shape index (κ3) is 3.83. The van der Waals surface area contributed by atoms with E-state index < -0.39 is 0 Å². The number of fused-ring (bicyclic) bond motifs is 1. The van der Waals surface area contributed by atoms with Gasteiger partial charge in [-0.15, -0.1) is 11.3 Å². The molecule has 134 valence electrons. The van der Waals surface area contributed by atoms with E-state index >= 15 is 0 Å². The number of carbonyl (C=O) groups excluding carboxylic acids is 1. The van der Waals surface area contributed by atoms with Gasteiger partial charge in [-0.1, -0.05) is 54.6 Å². The van der Waals surface area contributed by atoms with Crippen LogP contribution < -0.4 is 10.1 Å². The quantitative estimate of drug-likeness (QED) is 0.516. The van der Waals surface area contributed by atoms with Crippen molar-refractivity contribution in [3.05, 3.63) is 77.1 Å². The Balaban J connectivity index is 1.49. The highest BCUT2D eigenvalue weighted by Crippen LogP contribution is 2.29. The van der Waals surface area contributed by atoms with Crippen molar-refractivity contribution < 1.29 is 9.53 Å². The molecule has 1 amide bonds. The molecule has 0 fully saturated rings. The number of hydrogen-bond acceptors (Lipinski definition) is 4. The van der Waals surface area contributed by atoms with Crippen LogP contribution in [0.4, 0.5) is 5.69 Å². The summed E-state index contributed by atoms with van der Waals surface area (Å²) in [6.07, 6.45) is 0. The summed E-state index contributed by atoms with van der Waals surface area (Å²) in [5.74, 6) is 0.494. The minimum atomic E-state index is -0.206. The molecule has 0 spiro atoms. The van der Waals surface area contributed by atoms with E-state index in [9.17, 15) is 4.79 Å². The van der Waals surface area contributed by atoms with Crippen molar-refractivity contribution in [3.63, 3.8) is 0 Å². The van der Waals surface area contributed by atoms with E-state index in [1.54, 1.807) is 11.3 Å². The third-order valence-electron chi connectivity index (χ3n) is 4.20. The van der Waals surface area contributed by atoms with Crippen molar-refractivity contribution in [2.75, 3.05) is 11.9 Å². The summed E-state index contributed by atoms with van der Waals surface area (Å²) >= 11 is 1.59. The average molecular weight is 374 g/mol. The number of carbonyl (C=O) groups is 1. The second-order valence-corrected chi connectivity index (χ2v) is 7.17. The molecule has 4 nitrogen and oxygen atoms in total. The van der Waals surface area contributed by atoms with Gasteiger partial charge in [-0.3, -0.25) is 4.79 Å². The zero-order valence-corrected chi connectivity index (χ0v) is 15.6. The Labute approximate surface area is 161 Å². The van der Waals surface area contributed by atoms with E-state index in [1.165, 1.54) is 0 Å². The fraction of sp³-hybridized carbons (Fsp3) is 0.0909. The van der Waals surface area contributed by atoms with Gasteiger partial charge in [0.15, 0.2) is 6.61 Å². The molecule has 0 radical (unpaired) electrons. The molecule has 0 saturated heterocycles. The molecule has 0 bridgehead atoms. The molecular weight excluding hydrogens is 356 g/mol. The Hall–Kier alpha value is -3.18. The summed E-state index contributed by atoms with van der Waals surface area (Å²) in [5, 5.41) is 8.00. The van der Waals surface area contributed by atoms with Crippen LogP contribution >= 0.6 is 11.3 Å². The molecule has 4 rings (SSSR count). The summed E-state index contributed by atoms with van der Waals surface area (Å²) in [6.45, 7) is 1.91. The topological polar surface area (TPSA) is 51.2 Å². The summed E-state index contributed by atoms with van der Waals surface area (Å²) in [6, 6.07) is 21.4. The van der Waals surface area contributed by atoms with E-state index in [-0.39, 0.29) is 12.5 Å². The molecular formula is C22H18N2O2S. The molecule has 0 unspecified atom stereocenters. The number of amides is 1. The van der Waals surface area contributed by atoms with Crippen LogP contribution in [0.25, 0.3) is 22.0 Å². The first-order valence-electron chi connectivity index (χ1n) is 8.62. The van der Waals surface area contributed by atoms with Crippen LogP contribution in [0.15, 0.2) is 72.1 Å². The maximum Gasteiger partial charge on any atom is 0.262 e. The highest BCUT2D eigenvalue weighted by Gasteiger charge is 2.11. The zero-order chi connectivity index (χ0) is 18.6. The second-order valence-electron chi connectivity index (χ2n) is 6.11. The molecule has 1 heterocycles. The lowest BCUT2D eigenvalue weighted by Gasteiger charge is -2.12. The van der Waals surface area contributed by atoms with E-state index in [1.807, 2.05) is 79.0 Å². The van der Waals surface area contributed by atoms with Gasteiger partial charge in [-0.25, -0.2) is 4.98 Å². The van der Waals surface area contributed by atoms with Gasteiger partial charge in [0.1, 0.15) is 5.75 Å². The van der Waals surface area contributed by atoms with Gasteiger partial charge in [0.2, 0.25) is 0 Å². The lowest BCUT2D eigenvalue weighted by Crippen LogP contribution is -2.20. The minimum Gasteiger partial charge on any atom is -0.483 e.